The topological polar surface area (TPSA) is 59.2 Å². The summed E-state index contributed by atoms with van der Waals surface area (Å²) < 4.78 is 0. The molecule has 0 radical (unpaired) electrons. The van der Waals surface area contributed by atoms with E-state index in [0.717, 1.165) is 34.8 Å². The number of amides is 1. The Balaban J connectivity index is 1.87. The number of carbonyl (C=O) groups excluding carboxylic acids is 1. The highest BCUT2D eigenvalue weighted by Gasteiger charge is 2.26. The maximum Gasteiger partial charge on any atom is 0.258 e. The van der Waals surface area contributed by atoms with Crippen LogP contribution in [0.15, 0.2) is 41.4 Å². The standard InChI is InChI=1S/C17H19N3OS/c1-22-16-6-5-15-14(19-16)8-10-20(15)17(21)13-4-2-3-12(11-13)7-9-18/h2-6,11H,7-10,18H2,1H3. The van der Waals surface area contributed by atoms with Crippen LogP contribution in [0.3, 0.4) is 0 Å². The van der Waals surface area contributed by atoms with Crippen molar-refractivity contribution in [3.63, 3.8) is 0 Å². The van der Waals surface area contributed by atoms with Crippen molar-refractivity contribution in [2.45, 2.75) is 17.9 Å². The lowest BCUT2D eigenvalue weighted by Gasteiger charge is -2.17. The first-order chi connectivity index (χ1) is 10.7. The quantitative estimate of drug-likeness (QED) is 0.881. The first kappa shape index (κ1) is 15.1. The molecule has 0 bridgehead atoms. The van der Waals surface area contributed by atoms with Gasteiger partial charge in [0.1, 0.15) is 0 Å². The Bertz CT molecular complexity index is 702. The van der Waals surface area contributed by atoms with Crippen molar-refractivity contribution >= 4 is 23.4 Å². The zero-order chi connectivity index (χ0) is 15.5. The van der Waals surface area contributed by atoms with Crippen LogP contribution in [0.4, 0.5) is 5.69 Å². The lowest BCUT2D eigenvalue weighted by atomic mass is 10.1. The van der Waals surface area contributed by atoms with Gasteiger partial charge >= 0.3 is 0 Å². The number of aromatic nitrogens is 1. The molecule has 5 heteroatoms. The van der Waals surface area contributed by atoms with Gasteiger partial charge in [0.25, 0.3) is 5.91 Å². The maximum absolute atomic E-state index is 12.8. The molecular formula is C17H19N3OS. The zero-order valence-corrected chi connectivity index (χ0v) is 13.4. The fourth-order valence-electron chi connectivity index (χ4n) is 2.75. The first-order valence-corrected chi connectivity index (χ1v) is 8.60. The maximum atomic E-state index is 12.8. The summed E-state index contributed by atoms with van der Waals surface area (Å²) in [5, 5.41) is 0.998. The predicted molar refractivity (Wildman–Crippen MR) is 90.6 cm³/mol. The van der Waals surface area contributed by atoms with Crippen molar-refractivity contribution in [1.29, 1.82) is 0 Å². The lowest BCUT2D eigenvalue weighted by molar-refractivity contribution is 0.0989. The number of nitrogens with zero attached hydrogens (tertiary/aromatic N) is 2. The van der Waals surface area contributed by atoms with Gasteiger partial charge in [0.2, 0.25) is 0 Å². The van der Waals surface area contributed by atoms with E-state index in [1.165, 1.54) is 0 Å². The molecule has 1 aromatic carbocycles. The summed E-state index contributed by atoms with van der Waals surface area (Å²) in [6.45, 7) is 1.28. The molecule has 0 aliphatic carbocycles. The third-order valence-electron chi connectivity index (χ3n) is 3.85. The number of hydrogen-bond acceptors (Lipinski definition) is 4. The zero-order valence-electron chi connectivity index (χ0n) is 12.6. The largest absolute Gasteiger partial charge is 0.330 e. The molecule has 0 unspecified atom stereocenters. The Kier molecular flexibility index (Phi) is 4.45. The Morgan fingerprint density at radius 3 is 3.00 bits per heavy atom. The summed E-state index contributed by atoms with van der Waals surface area (Å²) in [7, 11) is 0. The highest BCUT2D eigenvalue weighted by Crippen LogP contribution is 2.30. The fraction of sp³-hybridized carbons (Fsp3) is 0.294. The van der Waals surface area contributed by atoms with Gasteiger partial charge in [-0.3, -0.25) is 4.79 Å². The molecule has 1 aliphatic rings. The molecule has 1 amide bonds. The van der Waals surface area contributed by atoms with Gasteiger partial charge in [-0.05, 0) is 49.1 Å². The van der Waals surface area contributed by atoms with Gasteiger partial charge < -0.3 is 10.6 Å². The van der Waals surface area contributed by atoms with Crippen LogP contribution in [0.1, 0.15) is 21.6 Å². The van der Waals surface area contributed by atoms with E-state index in [-0.39, 0.29) is 5.91 Å². The van der Waals surface area contributed by atoms with Crippen LogP contribution < -0.4 is 10.6 Å². The summed E-state index contributed by atoms with van der Waals surface area (Å²) in [6.07, 6.45) is 3.61. The van der Waals surface area contributed by atoms with E-state index >= 15 is 0 Å². The smallest absolute Gasteiger partial charge is 0.258 e. The van der Waals surface area contributed by atoms with Crippen molar-refractivity contribution in [2.24, 2.45) is 5.73 Å². The first-order valence-electron chi connectivity index (χ1n) is 7.37. The van der Waals surface area contributed by atoms with Crippen LogP contribution in [0.5, 0.6) is 0 Å². The molecule has 2 N–H and O–H groups in total. The molecule has 114 valence electrons. The molecule has 3 rings (SSSR count). The summed E-state index contributed by atoms with van der Waals surface area (Å²) >= 11 is 1.62. The average Bonchev–Trinajstić information content (AvgIpc) is 2.97. The summed E-state index contributed by atoms with van der Waals surface area (Å²) in [4.78, 5) is 19.2. The fourth-order valence-corrected chi connectivity index (χ4v) is 3.15. The van der Waals surface area contributed by atoms with Crippen LogP contribution in [-0.2, 0) is 12.8 Å². The number of anilines is 1. The monoisotopic (exact) mass is 313 g/mol. The summed E-state index contributed by atoms with van der Waals surface area (Å²) in [5.74, 6) is 0.0383. The second-order valence-corrected chi connectivity index (χ2v) is 6.09. The molecule has 0 atom stereocenters. The summed E-state index contributed by atoms with van der Waals surface area (Å²) in [5.41, 5.74) is 9.36. The van der Waals surface area contributed by atoms with Gasteiger partial charge in [-0.2, -0.15) is 0 Å². The Labute approximate surface area is 134 Å². The molecule has 2 aromatic rings. The van der Waals surface area contributed by atoms with E-state index in [1.54, 1.807) is 11.8 Å². The third kappa shape index (κ3) is 2.87. The van der Waals surface area contributed by atoms with Crippen LogP contribution in [0, 0.1) is 0 Å². The Hall–Kier alpha value is -1.85. The van der Waals surface area contributed by atoms with Crippen LogP contribution >= 0.6 is 11.8 Å². The van der Waals surface area contributed by atoms with E-state index in [2.05, 4.69) is 4.98 Å². The van der Waals surface area contributed by atoms with Gasteiger partial charge in [0.05, 0.1) is 16.4 Å². The molecule has 2 heterocycles. The van der Waals surface area contributed by atoms with E-state index in [4.69, 9.17) is 5.73 Å². The minimum absolute atomic E-state index is 0.0383. The average molecular weight is 313 g/mol. The molecule has 0 saturated heterocycles. The highest BCUT2D eigenvalue weighted by atomic mass is 32.2. The summed E-state index contributed by atoms with van der Waals surface area (Å²) in [6, 6.07) is 11.7. The van der Waals surface area contributed by atoms with E-state index < -0.39 is 0 Å². The number of benzene rings is 1. The molecular weight excluding hydrogens is 294 g/mol. The molecule has 1 aromatic heterocycles. The number of rotatable bonds is 4. The Morgan fingerprint density at radius 1 is 1.36 bits per heavy atom. The van der Waals surface area contributed by atoms with Gasteiger partial charge in [-0.25, -0.2) is 4.98 Å². The van der Waals surface area contributed by atoms with Crippen molar-refractivity contribution < 1.29 is 4.79 Å². The molecule has 4 nitrogen and oxygen atoms in total. The lowest BCUT2D eigenvalue weighted by Crippen LogP contribution is -2.29. The molecule has 22 heavy (non-hydrogen) atoms. The molecule has 0 saturated carbocycles. The van der Waals surface area contributed by atoms with Crippen molar-refractivity contribution in [1.82, 2.24) is 4.98 Å². The van der Waals surface area contributed by atoms with Crippen LogP contribution in [-0.4, -0.2) is 30.2 Å². The number of hydrogen-bond donors (Lipinski definition) is 1. The SMILES string of the molecule is CSc1ccc2c(n1)CCN2C(=O)c1cccc(CCN)c1. The van der Waals surface area contributed by atoms with Crippen LogP contribution in [0.25, 0.3) is 0 Å². The minimum atomic E-state index is 0.0383. The number of carbonyl (C=O) groups is 1. The number of fused-ring (bicyclic) bond motifs is 1. The number of pyridine rings is 1. The predicted octanol–water partition coefficient (Wildman–Crippen LogP) is 2.51. The second kappa shape index (κ2) is 6.50. The third-order valence-corrected chi connectivity index (χ3v) is 4.49. The molecule has 0 spiro atoms. The normalized spacial score (nSPS) is 13.3. The number of thioether (sulfide) groups is 1. The van der Waals surface area contributed by atoms with Gasteiger partial charge in [-0.15, -0.1) is 11.8 Å². The molecule has 0 fully saturated rings. The van der Waals surface area contributed by atoms with Gasteiger partial charge in [-0.1, -0.05) is 12.1 Å². The van der Waals surface area contributed by atoms with E-state index in [1.807, 2.05) is 47.6 Å². The van der Waals surface area contributed by atoms with Crippen LogP contribution in [0.2, 0.25) is 0 Å². The van der Waals surface area contributed by atoms with Gasteiger partial charge in [0.15, 0.2) is 0 Å². The van der Waals surface area contributed by atoms with Crippen molar-refractivity contribution in [3.05, 3.63) is 53.2 Å². The van der Waals surface area contributed by atoms with Gasteiger partial charge in [0, 0.05) is 18.5 Å². The second-order valence-electron chi connectivity index (χ2n) is 5.27. The highest BCUT2D eigenvalue weighted by molar-refractivity contribution is 7.98. The van der Waals surface area contributed by atoms with E-state index in [9.17, 15) is 4.79 Å². The number of nitrogens with two attached hydrogens (primary N) is 1. The Morgan fingerprint density at radius 2 is 2.23 bits per heavy atom. The minimum Gasteiger partial charge on any atom is -0.330 e. The van der Waals surface area contributed by atoms with Crippen molar-refractivity contribution in [3.8, 4) is 0 Å². The molecule has 1 aliphatic heterocycles. The van der Waals surface area contributed by atoms with Crippen molar-refractivity contribution in [2.75, 3.05) is 24.2 Å². The van der Waals surface area contributed by atoms with E-state index in [0.29, 0.717) is 18.7 Å².